The summed E-state index contributed by atoms with van der Waals surface area (Å²) in [4.78, 5) is 43.6. The van der Waals surface area contributed by atoms with E-state index in [0.29, 0.717) is 12.0 Å². The lowest BCUT2D eigenvalue weighted by Crippen LogP contribution is -2.53. The molecule has 3 heterocycles. The number of sulfonamides is 1. The van der Waals surface area contributed by atoms with Crippen molar-refractivity contribution < 1.29 is 27.2 Å². The smallest absolute Gasteiger partial charge is 0.287 e. The normalized spacial score (nSPS) is 17.2. The molecule has 1 aliphatic heterocycles. The van der Waals surface area contributed by atoms with Gasteiger partial charge in [0, 0.05) is 24.5 Å². The molecule has 0 aliphatic carbocycles. The number of rotatable bonds is 8. The maximum Gasteiger partial charge on any atom is 0.287 e. The number of fused-ring (bicyclic) bond motifs is 1. The van der Waals surface area contributed by atoms with Gasteiger partial charge in [0.25, 0.3) is 15.9 Å². The Labute approximate surface area is 231 Å². The van der Waals surface area contributed by atoms with E-state index in [2.05, 4.69) is 15.6 Å². The van der Waals surface area contributed by atoms with Crippen LogP contribution in [0.1, 0.15) is 29.0 Å². The number of hydrogen-bond acceptors (Lipinski definition) is 7. The molecule has 10 nitrogen and oxygen atoms in total. The van der Waals surface area contributed by atoms with Crippen LogP contribution in [0.4, 0.5) is 0 Å². The first-order valence-corrected chi connectivity index (χ1v) is 14.3. The van der Waals surface area contributed by atoms with Crippen LogP contribution in [0.15, 0.2) is 94.5 Å². The number of aromatic nitrogens is 1. The zero-order chi connectivity index (χ0) is 28.1. The number of amides is 2. The first-order chi connectivity index (χ1) is 19.3. The molecule has 0 radical (unpaired) electrons. The highest BCUT2D eigenvalue weighted by atomic mass is 32.2. The molecule has 1 unspecified atom stereocenters. The average Bonchev–Trinajstić information content (AvgIpc) is 3.32. The minimum atomic E-state index is -3.96. The number of Topliss-reactive ketones (excluding diaryl/α,β-unsaturated/α-hetero) is 1. The van der Waals surface area contributed by atoms with Gasteiger partial charge < -0.3 is 15.1 Å². The molecular weight excluding hydrogens is 532 g/mol. The Bertz CT molecular complexity index is 1590. The molecule has 4 aromatic rings. The molecule has 11 heteroatoms. The molecule has 40 heavy (non-hydrogen) atoms. The second-order valence-corrected chi connectivity index (χ2v) is 11.4. The summed E-state index contributed by atoms with van der Waals surface area (Å²) in [7, 11) is -3.96. The Balaban J connectivity index is 1.31. The lowest BCUT2D eigenvalue weighted by Gasteiger charge is -2.22. The molecule has 5 rings (SSSR count). The Kier molecular flexibility index (Phi) is 8.04. The van der Waals surface area contributed by atoms with Gasteiger partial charge in [0.1, 0.15) is 11.6 Å². The van der Waals surface area contributed by atoms with E-state index in [4.69, 9.17) is 4.42 Å². The van der Waals surface area contributed by atoms with Gasteiger partial charge in [-0.3, -0.25) is 14.4 Å². The summed E-state index contributed by atoms with van der Waals surface area (Å²) in [5, 5.41) is 6.12. The van der Waals surface area contributed by atoms with Crippen molar-refractivity contribution in [1.29, 1.82) is 0 Å². The van der Waals surface area contributed by atoms with Crippen LogP contribution in [0.3, 0.4) is 0 Å². The van der Waals surface area contributed by atoms with E-state index >= 15 is 0 Å². The van der Waals surface area contributed by atoms with Crippen LogP contribution in [0.2, 0.25) is 0 Å². The Morgan fingerprint density at radius 1 is 1.02 bits per heavy atom. The molecule has 0 spiro atoms. The first kappa shape index (κ1) is 27.2. The molecule has 2 amide bonds. The molecule has 0 saturated carbocycles. The third-order valence-corrected chi connectivity index (χ3v) is 8.49. The number of ketones is 1. The van der Waals surface area contributed by atoms with E-state index in [1.807, 2.05) is 42.5 Å². The van der Waals surface area contributed by atoms with E-state index in [-0.39, 0.29) is 30.2 Å². The number of hydrogen-bond donors (Lipinski definition) is 2. The summed E-state index contributed by atoms with van der Waals surface area (Å²) in [6.45, 7) is -0.272. The number of carbonyl (C=O) groups is 3. The van der Waals surface area contributed by atoms with Crippen LogP contribution in [0, 0.1) is 0 Å². The predicted molar refractivity (Wildman–Crippen MR) is 147 cm³/mol. The van der Waals surface area contributed by atoms with Gasteiger partial charge in [0.15, 0.2) is 16.6 Å². The number of para-hydroxylation sites is 1. The minimum absolute atomic E-state index is 0.0629. The monoisotopic (exact) mass is 560 g/mol. The Morgan fingerprint density at radius 2 is 1.77 bits per heavy atom. The number of pyridine rings is 1. The summed E-state index contributed by atoms with van der Waals surface area (Å²) >= 11 is 0. The van der Waals surface area contributed by atoms with Crippen LogP contribution in [-0.4, -0.2) is 60.5 Å². The van der Waals surface area contributed by atoms with Crippen molar-refractivity contribution in [3.8, 4) is 0 Å². The number of nitrogens with zero attached hydrogens (tertiary/aromatic N) is 2. The van der Waals surface area contributed by atoms with Gasteiger partial charge in [-0.1, -0.05) is 54.6 Å². The summed E-state index contributed by atoms with van der Waals surface area (Å²) < 4.78 is 32.8. The Hall–Kier alpha value is -4.35. The van der Waals surface area contributed by atoms with Crippen molar-refractivity contribution in [1.82, 2.24) is 19.9 Å². The van der Waals surface area contributed by atoms with E-state index in [1.165, 1.54) is 12.3 Å². The van der Waals surface area contributed by atoms with Gasteiger partial charge in [-0.15, -0.1) is 0 Å². The molecular formula is C29H28N4O6S. The van der Waals surface area contributed by atoms with Crippen LogP contribution >= 0.6 is 0 Å². The van der Waals surface area contributed by atoms with Crippen molar-refractivity contribution in [3.63, 3.8) is 0 Å². The fourth-order valence-electron chi connectivity index (χ4n) is 4.64. The van der Waals surface area contributed by atoms with Gasteiger partial charge in [0.05, 0.1) is 12.6 Å². The Morgan fingerprint density at radius 3 is 2.52 bits per heavy atom. The SMILES string of the molecule is O=C(N[C@@H](Cc1ccccc1)C(=O)NC1CCCN(S(=O)(=O)c2ccccn2)CC1=O)c1cc2ccccc2o1. The van der Waals surface area contributed by atoms with E-state index in [1.54, 1.807) is 30.3 Å². The molecule has 2 aromatic carbocycles. The molecule has 0 bridgehead atoms. The molecule has 1 aliphatic rings. The topological polar surface area (TPSA) is 139 Å². The number of carbonyl (C=O) groups excluding carboxylic acids is 3. The van der Waals surface area contributed by atoms with E-state index < -0.39 is 46.2 Å². The van der Waals surface area contributed by atoms with Gasteiger partial charge >= 0.3 is 0 Å². The zero-order valence-corrected chi connectivity index (χ0v) is 22.3. The first-order valence-electron chi connectivity index (χ1n) is 12.9. The molecule has 1 saturated heterocycles. The largest absolute Gasteiger partial charge is 0.451 e. The molecule has 206 valence electrons. The molecule has 1 fully saturated rings. The quantitative estimate of drug-likeness (QED) is 0.338. The minimum Gasteiger partial charge on any atom is -0.451 e. The van der Waals surface area contributed by atoms with E-state index in [9.17, 15) is 22.8 Å². The summed E-state index contributed by atoms with van der Waals surface area (Å²) in [5.41, 5.74) is 1.36. The zero-order valence-electron chi connectivity index (χ0n) is 21.5. The van der Waals surface area contributed by atoms with Crippen LogP contribution in [0.25, 0.3) is 11.0 Å². The van der Waals surface area contributed by atoms with Gasteiger partial charge in [-0.2, -0.15) is 4.31 Å². The number of benzene rings is 2. The summed E-state index contributed by atoms with van der Waals surface area (Å²) in [6.07, 6.45) is 2.17. The standard InChI is InChI=1S/C29H28N4O6S/c34-24-19-33(40(37,38)27-14-6-7-15-30-27)16-8-12-22(24)31-28(35)23(17-20-9-2-1-3-10-20)32-29(36)26-18-21-11-4-5-13-25(21)39-26/h1-7,9-11,13-15,18,22-23H,8,12,16-17,19H2,(H,31,35)(H,32,36)/t22?,23-/m0/s1. The summed E-state index contributed by atoms with van der Waals surface area (Å²) in [6, 6.07) is 20.6. The summed E-state index contributed by atoms with van der Waals surface area (Å²) in [5.74, 6) is -1.49. The van der Waals surface area contributed by atoms with Crippen molar-refractivity contribution >= 4 is 38.6 Å². The molecule has 2 N–H and O–H groups in total. The van der Waals surface area contributed by atoms with Crippen molar-refractivity contribution in [2.45, 2.75) is 36.4 Å². The second-order valence-electron chi connectivity index (χ2n) is 9.54. The lowest BCUT2D eigenvalue weighted by atomic mass is 10.0. The van der Waals surface area contributed by atoms with Gasteiger partial charge in [-0.25, -0.2) is 13.4 Å². The molecule has 2 atom stereocenters. The van der Waals surface area contributed by atoms with Gasteiger partial charge in [-0.05, 0) is 42.7 Å². The van der Waals surface area contributed by atoms with Crippen molar-refractivity contribution in [2.24, 2.45) is 0 Å². The fourth-order valence-corrected chi connectivity index (χ4v) is 6.02. The number of nitrogens with one attached hydrogen (secondary N) is 2. The van der Waals surface area contributed by atoms with Crippen molar-refractivity contribution in [3.05, 3.63) is 96.4 Å². The van der Waals surface area contributed by atoms with E-state index in [0.717, 1.165) is 15.3 Å². The van der Waals surface area contributed by atoms with Crippen molar-refractivity contribution in [2.75, 3.05) is 13.1 Å². The van der Waals surface area contributed by atoms with Gasteiger partial charge in [0.2, 0.25) is 5.91 Å². The average molecular weight is 561 g/mol. The third kappa shape index (κ3) is 6.11. The third-order valence-electron chi connectivity index (χ3n) is 6.73. The van der Waals surface area contributed by atoms with Crippen LogP contribution < -0.4 is 10.6 Å². The maximum absolute atomic E-state index is 13.5. The van der Waals surface area contributed by atoms with Crippen LogP contribution in [-0.2, 0) is 26.0 Å². The fraction of sp³-hybridized carbons (Fsp3) is 0.241. The second kappa shape index (κ2) is 11.8. The highest BCUT2D eigenvalue weighted by Gasteiger charge is 2.35. The molecule has 2 aromatic heterocycles. The number of furan rings is 1. The highest BCUT2D eigenvalue weighted by molar-refractivity contribution is 7.89. The maximum atomic E-state index is 13.5. The highest BCUT2D eigenvalue weighted by Crippen LogP contribution is 2.20. The van der Waals surface area contributed by atoms with Crippen LogP contribution in [0.5, 0.6) is 0 Å². The lowest BCUT2D eigenvalue weighted by molar-refractivity contribution is -0.128. The predicted octanol–water partition coefficient (Wildman–Crippen LogP) is 2.71.